The molecule has 0 bridgehead atoms. The van der Waals surface area contributed by atoms with Crippen molar-refractivity contribution >= 4 is 45.2 Å². The fraction of sp³-hybridized carbons (Fsp3) is 0.625. The Morgan fingerprint density at radius 3 is 1.12 bits per heavy atom. The van der Waals surface area contributed by atoms with Gasteiger partial charge in [0, 0.05) is 28.2 Å². The van der Waals surface area contributed by atoms with Gasteiger partial charge in [0.1, 0.15) is 11.5 Å². The van der Waals surface area contributed by atoms with E-state index in [2.05, 4.69) is 41.5 Å². The summed E-state index contributed by atoms with van der Waals surface area (Å²) in [7, 11) is -9.98. The van der Waals surface area contributed by atoms with Gasteiger partial charge in [-0.2, -0.15) is 0 Å². The molecule has 240 valence electrons. The molecule has 11 heteroatoms. The average Bonchev–Trinajstić information content (AvgIpc) is 2.72. The molecule has 0 radical (unpaired) electrons. The molecule has 0 amide bonds. The Hall–Kier alpha value is -0.660. The van der Waals surface area contributed by atoms with Crippen LogP contribution in [-0.4, -0.2) is 49.1 Å². The maximum atomic E-state index is 12.4. The molecule has 4 N–H and O–H groups in total. The van der Waals surface area contributed by atoms with Gasteiger partial charge in [0.15, 0.2) is 0 Å². The SMILES string of the molecule is CCCC(c1cc(C(C)(C)C)cc(C(C)(C)C)c1OP(=O)(O)O)c1cc(C(C)(C)C)cc(C(C)(C)C)c1OP(=O)(O)O.[NaH]. The second-order valence-electron chi connectivity index (χ2n) is 15.4. The van der Waals surface area contributed by atoms with E-state index in [0.29, 0.717) is 35.1 Å². The van der Waals surface area contributed by atoms with E-state index >= 15 is 0 Å². The van der Waals surface area contributed by atoms with Crippen LogP contribution in [0.15, 0.2) is 24.3 Å². The van der Waals surface area contributed by atoms with Gasteiger partial charge in [0.25, 0.3) is 0 Å². The second kappa shape index (κ2) is 13.6. The molecule has 0 saturated carbocycles. The van der Waals surface area contributed by atoms with E-state index in [1.54, 1.807) is 0 Å². The standard InChI is InChI=1S/C32H52O8P2.Na.H/c1-14-15-22(23-16-20(29(2,3)4)18-25(31(8,9)10)27(23)39-41(33,34)35)24-17-21(30(5,6)7)19-26(32(11,12)13)28(24)40-42(36,37)38;;/h16-19,22H,14-15H2,1-13H3,(H2,33,34,35)(H2,36,37,38);;. The van der Waals surface area contributed by atoms with Crippen molar-refractivity contribution in [3.63, 3.8) is 0 Å². The van der Waals surface area contributed by atoms with E-state index in [-0.39, 0.29) is 51.9 Å². The summed E-state index contributed by atoms with van der Waals surface area (Å²) in [5.41, 5.74) is 2.51. The predicted molar refractivity (Wildman–Crippen MR) is 177 cm³/mol. The minimum absolute atomic E-state index is 0. The Balaban J connectivity index is 0.00000924. The Bertz CT molecular complexity index is 1280. The van der Waals surface area contributed by atoms with Crippen molar-refractivity contribution < 1.29 is 37.8 Å². The van der Waals surface area contributed by atoms with Gasteiger partial charge in [-0.25, -0.2) is 9.13 Å². The van der Waals surface area contributed by atoms with Gasteiger partial charge in [-0.3, -0.25) is 19.6 Å². The zero-order valence-electron chi connectivity index (χ0n) is 27.6. The monoisotopic (exact) mass is 650 g/mol. The van der Waals surface area contributed by atoms with Crippen molar-refractivity contribution in [2.75, 3.05) is 0 Å². The van der Waals surface area contributed by atoms with Gasteiger partial charge in [-0.15, -0.1) is 0 Å². The summed E-state index contributed by atoms with van der Waals surface area (Å²) in [4.78, 5) is 40.3. The molecule has 2 aromatic rings. The second-order valence-corrected chi connectivity index (χ2v) is 17.7. The van der Waals surface area contributed by atoms with Crippen molar-refractivity contribution in [1.29, 1.82) is 0 Å². The number of hydrogen-bond donors (Lipinski definition) is 4. The molecule has 0 fully saturated rings. The maximum absolute atomic E-state index is 12.4. The summed E-state index contributed by atoms with van der Waals surface area (Å²) in [6.45, 7) is 26.1. The number of phosphoric ester groups is 2. The summed E-state index contributed by atoms with van der Waals surface area (Å²) in [5.74, 6) is -0.393. The van der Waals surface area contributed by atoms with Crippen LogP contribution in [0.1, 0.15) is 142 Å². The average molecular weight is 651 g/mol. The summed E-state index contributed by atoms with van der Waals surface area (Å²) in [6.07, 6.45) is 1.17. The van der Waals surface area contributed by atoms with Crippen molar-refractivity contribution in [2.45, 2.75) is 130 Å². The Kier molecular flexibility index (Phi) is 12.8. The van der Waals surface area contributed by atoms with Gasteiger partial charge in [-0.05, 0) is 39.2 Å². The summed E-state index contributed by atoms with van der Waals surface area (Å²) >= 11 is 0. The molecular formula is C32H53NaO8P2. The molecule has 0 spiro atoms. The van der Waals surface area contributed by atoms with Crippen LogP contribution in [-0.2, 0) is 30.8 Å². The number of benzene rings is 2. The van der Waals surface area contributed by atoms with Gasteiger partial charge in [0.2, 0.25) is 0 Å². The molecule has 0 aliphatic rings. The van der Waals surface area contributed by atoms with Crippen LogP contribution in [0.2, 0.25) is 0 Å². The molecular weight excluding hydrogens is 597 g/mol. The van der Waals surface area contributed by atoms with Crippen LogP contribution >= 0.6 is 15.6 Å². The molecule has 0 aliphatic carbocycles. The normalized spacial score (nSPS) is 13.6. The third-order valence-electron chi connectivity index (χ3n) is 7.33. The topological polar surface area (TPSA) is 134 Å². The molecule has 0 atom stereocenters. The Morgan fingerprint density at radius 2 is 0.907 bits per heavy atom. The first-order chi connectivity index (χ1) is 18.6. The molecule has 0 aromatic heterocycles. The molecule has 0 saturated heterocycles. The van der Waals surface area contributed by atoms with Crippen LogP contribution < -0.4 is 9.05 Å². The van der Waals surface area contributed by atoms with Gasteiger partial charge in [0.05, 0.1) is 0 Å². The van der Waals surface area contributed by atoms with Gasteiger partial charge < -0.3 is 9.05 Å². The minimum atomic E-state index is -4.99. The van der Waals surface area contributed by atoms with E-state index in [9.17, 15) is 28.7 Å². The zero-order chi connectivity index (χ0) is 32.9. The Morgan fingerprint density at radius 1 is 0.605 bits per heavy atom. The predicted octanol–water partition coefficient (Wildman–Crippen LogP) is 8.10. The molecule has 8 nitrogen and oxygen atoms in total. The summed E-state index contributed by atoms with van der Waals surface area (Å²) < 4.78 is 35.8. The first-order valence-corrected chi connectivity index (χ1v) is 17.5. The first kappa shape index (κ1) is 40.4. The number of hydrogen-bond acceptors (Lipinski definition) is 4. The van der Waals surface area contributed by atoms with Crippen molar-refractivity contribution in [1.82, 2.24) is 0 Å². The van der Waals surface area contributed by atoms with Crippen molar-refractivity contribution in [3.8, 4) is 11.5 Å². The van der Waals surface area contributed by atoms with Crippen LogP contribution in [0.3, 0.4) is 0 Å². The van der Waals surface area contributed by atoms with Crippen LogP contribution in [0, 0.1) is 0 Å². The third-order valence-corrected chi connectivity index (χ3v) is 8.17. The van der Waals surface area contributed by atoms with E-state index in [1.807, 2.05) is 72.7 Å². The number of rotatable bonds is 8. The summed E-state index contributed by atoms with van der Waals surface area (Å²) in [5, 5.41) is 0. The van der Waals surface area contributed by atoms with E-state index in [4.69, 9.17) is 9.05 Å². The molecule has 0 aliphatic heterocycles. The fourth-order valence-corrected chi connectivity index (χ4v) is 5.89. The van der Waals surface area contributed by atoms with Gasteiger partial charge in [-0.1, -0.05) is 121 Å². The summed E-state index contributed by atoms with van der Waals surface area (Å²) in [6, 6.07) is 7.72. The van der Waals surface area contributed by atoms with Crippen molar-refractivity contribution in [3.05, 3.63) is 57.6 Å². The van der Waals surface area contributed by atoms with Crippen LogP contribution in [0.4, 0.5) is 0 Å². The van der Waals surface area contributed by atoms with Crippen LogP contribution in [0.5, 0.6) is 11.5 Å². The zero-order valence-corrected chi connectivity index (χ0v) is 29.4. The quantitative estimate of drug-likeness (QED) is 0.166. The van der Waals surface area contributed by atoms with Crippen molar-refractivity contribution in [2.24, 2.45) is 0 Å². The molecule has 0 heterocycles. The van der Waals surface area contributed by atoms with Crippen LogP contribution in [0.25, 0.3) is 0 Å². The van der Waals surface area contributed by atoms with E-state index < -0.39 is 32.4 Å². The fourth-order valence-electron chi connectivity index (χ4n) is 5.01. The van der Waals surface area contributed by atoms with Gasteiger partial charge >= 0.3 is 45.2 Å². The molecule has 0 unspecified atom stereocenters. The van der Waals surface area contributed by atoms with E-state index in [0.717, 1.165) is 11.1 Å². The van der Waals surface area contributed by atoms with E-state index in [1.165, 1.54) is 0 Å². The molecule has 2 aromatic carbocycles. The third kappa shape index (κ3) is 11.0. The molecule has 2 rings (SSSR count). The Labute approximate surface area is 281 Å². The first-order valence-electron chi connectivity index (χ1n) is 14.4. The molecule has 43 heavy (non-hydrogen) atoms. The number of phosphoric acid groups is 2.